The Hall–Kier alpha value is -3.42. The number of pyridine rings is 2. The van der Waals surface area contributed by atoms with Gasteiger partial charge in [-0.2, -0.15) is 5.10 Å². The molecule has 0 aromatic carbocycles. The zero-order chi connectivity index (χ0) is 19.3. The Balaban J connectivity index is 1.57. The first kappa shape index (κ1) is 18.4. The quantitative estimate of drug-likeness (QED) is 0.629. The molecule has 0 fully saturated rings. The molecule has 0 radical (unpaired) electrons. The van der Waals surface area contributed by atoms with E-state index in [1.165, 1.54) is 0 Å². The van der Waals surface area contributed by atoms with Crippen molar-refractivity contribution in [1.29, 1.82) is 0 Å². The molecule has 8 heteroatoms. The van der Waals surface area contributed by atoms with E-state index in [4.69, 9.17) is 14.6 Å². The minimum absolute atomic E-state index is 0.0264. The number of aliphatic carboxylic acids is 1. The summed E-state index contributed by atoms with van der Waals surface area (Å²) in [5.74, 6) is 0.0459. The topological polar surface area (TPSA) is 110 Å². The molecule has 0 atom stereocenters. The van der Waals surface area contributed by atoms with Crippen molar-refractivity contribution in [2.75, 3.05) is 6.61 Å². The Bertz CT molecular complexity index is 892. The van der Waals surface area contributed by atoms with Gasteiger partial charge in [0.2, 0.25) is 5.88 Å². The van der Waals surface area contributed by atoms with Crippen molar-refractivity contribution in [3.05, 3.63) is 54.5 Å². The summed E-state index contributed by atoms with van der Waals surface area (Å²) >= 11 is 0. The lowest BCUT2D eigenvalue weighted by Gasteiger charge is -2.19. The molecule has 2 N–H and O–H groups in total. The molecule has 0 unspecified atom stereocenters. The van der Waals surface area contributed by atoms with E-state index in [0.717, 1.165) is 11.4 Å². The molecule has 0 aliphatic heterocycles. The van der Waals surface area contributed by atoms with Gasteiger partial charge >= 0.3 is 5.97 Å². The maximum Gasteiger partial charge on any atom is 0.312 e. The van der Waals surface area contributed by atoms with Crippen LogP contribution in [0.1, 0.15) is 19.5 Å². The molecule has 3 heterocycles. The third kappa shape index (κ3) is 4.81. The van der Waals surface area contributed by atoms with Crippen molar-refractivity contribution >= 4 is 5.97 Å². The smallest absolute Gasteiger partial charge is 0.312 e. The van der Waals surface area contributed by atoms with E-state index in [1.807, 2.05) is 24.3 Å². The van der Waals surface area contributed by atoms with Gasteiger partial charge in [-0.05, 0) is 38.1 Å². The summed E-state index contributed by atoms with van der Waals surface area (Å²) in [6, 6.07) is 10.8. The minimum atomic E-state index is -0.990. The number of aromatic nitrogens is 4. The molecule has 0 saturated carbocycles. The first-order chi connectivity index (χ1) is 12.9. The molecule has 0 bridgehead atoms. The van der Waals surface area contributed by atoms with Gasteiger partial charge < -0.3 is 14.6 Å². The van der Waals surface area contributed by atoms with Crippen molar-refractivity contribution in [2.24, 2.45) is 5.41 Å². The largest absolute Gasteiger partial charge is 0.486 e. The lowest BCUT2D eigenvalue weighted by molar-refractivity contribution is -0.148. The van der Waals surface area contributed by atoms with Crippen molar-refractivity contribution in [1.82, 2.24) is 20.2 Å². The Labute approximate surface area is 156 Å². The maximum absolute atomic E-state index is 11.1. The van der Waals surface area contributed by atoms with Crippen molar-refractivity contribution < 1.29 is 19.4 Å². The highest BCUT2D eigenvalue weighted by atomic mass is 16.5. The van der Waals surface area contributed by atoms with Gasteiger partial charge in [0.1, 0.15) is 19.0 Å². The average molecular weight is 368 g/mol. The fourth-order valence-electron chi connectivity index (χ4n) is 2.12. The first-order valence-corrected chi connectivity index (χ1v) is 8.35. The van der Waals surface area contributed by atoms with Crippen molar-refractivity contribution in [3.8, 4) is 23.0 Å². The van der Waals surface area contributed by atoms with Crippen LogP contribution in [0.25, 0.3) is 11.4 Å². The van der Waals surface area contributed by atoms with E-state index in [0.29, 0.717) is 17.3 Å². The molecule has 3 aromatic heterocycles. The van der Waals surface area contributed by atoms with Crippen LogP contribution in [-0.2, 0) is 11.4 Å². The van der Waals surface area contributed by atoms with Crippen LogP contribution in [0.4, 0.5) is 0 Å². The summed E-state index contributed by atoms with van der Waals surface area (Å²) < 4.78 is 11.2. The van der Waals surface area contributed by atoms with E-state index < -0.39 is 11.4 Å². The summed E-state index contributed by atoms with van der Waals surface area (Å²) in [6.45, 7) is 3.47. The fourth-order valence-corrected chi connectivity index (χ4v) is 2.12. The van der Waals surface area contributed by atoms with Crippen LogP contribution in [0.15, 0.2) is 48.8 Å². The summed E-state index contributed by atoms with van der Waals surface area (Å²) in [5, 5.41) is 15.9. The molecule has 27 heavy (non-hydrogen) atoms. The van der Waals surface area contributed by atoms with Gasteiger partial charge in [0.15, 0.2) is 0 Å². The normalized spacial score (nSPS) is 11.2. The number of carboxylic acid groups (broad SMARTS) is 1. The predicted molar refractivity (Wildman–Crippen MR) is 97.3 cm³/mol. The Morgan fingerprint density at radius 1 is 1.19 bits per heavy atom. The van der Waals surface area contributed by atoms with E-state index in [9.17, 15) is 4.79 Å². The molecule has 8 nitrogen and oxygen atoms in total. The molecule has 0 aliphatic rings. The third-order valence-corrected chi connectivity index (χ3v) is 3.84. The Kier molecular flexibility index (Phi) is 5.35. The third-order valence-electron chi connectivity index (χ3n) is 3.84. The van der Waals surface area contributed by atoms with Gasteiger partial charge in [0.25, 0.3) is 0 Å². The number of nitrogens with zero attached hydrogens (tertiary/aromatic N) is 3. The van der Waals surface area contributed by atoms with Crippen LogP contribution in [0, 0.1) is 5.41 Å². The maximum atomic E-state index is 11.1. The van der Waals surface area contributed by atoms with Crippen LogP contribution in [0.2, 0.25) is 0 Å². The number of aromatic amines is 1. The van der Waals surface area contributed by atoms with Crippen molar-refractivity contribution in [2.45, 2.75) is 20.5 Å². The second kappa shape index (κ2) is 7.86. The molecule has 0 spiro atoms. The lowest BCUT2D eigenvalue weighted by atomic mass is 9.95. The van der Waals surface area contributed by atoms with Crippen LogP contribution >= 0.6 is 0 Å². The number of carbonyl (C=O) groups is 1. The lowest BCUT2D eigenvalue weighted by Crippen LogP contribution is -2.30. The van der Waals surface area contributed by atoms with Gasteiger partial charge in [-0.25, -0.2) is 4.98 Å². The summed E-state index contributed by atoms with van der Waals surface area (Å²) in [5.41, 5.74) is 1.28. The molecule has 0 aliphatic carbocycles. The van der Waals surface area contributed by atoms with Gasteiger partial charge in [-0.1, -0.05) is 6.07 Å². The average Bonchev–Trinajstić information content (AvgIpc) is 3.20. The van der Waals surface area contributed by atoms with Gasteiger partial charge in [0.05, 0.1) is 28.7 Å². The molecule has 140 valence electrons. The number of hydrogen-bond donors (Lipinski definition) is 2. The van der Waals surface area contributed by atoms with E-state index in [-0.39, 0.29) is 13.2 Å². The van der Waals surface area contributed by atoms with Crippen LogP contribution in [0.3, 0.4) is 0 Å². The van der Waals surface area contributed by atoms with E-state index >= 15 is 0 Å². The van der Waals surface area contributed by atoms with Gasteiger partial charge in [0, 0.05) is 12.3 Å². The van der Waals surface area contributed by atoms with Gasteiger partial charge in [-0.15, -0.1) is 0 Å². The highest BCUT2D eigenvalue weighted by Crippen LogP contribution is 2.20. The monoisotopic (exact) mass is 368 g/mol. The molecular weight excluding hydrogens is 348 g/mol. The number of H-pyrrole nitrogens is 1. The summed E-state index contributed by atoms with van der Waals surface area (Å²) in [7, 11) is 0. The highest BCUT2D eigenvalue weighted by Gasteiger charge is 2.28. The zero-order valence-electron chi connectivity index (χ0n) is 15.0. The van der Waals surface area contributed by atoms with E-state index in [1.54, 1.807) is 38.4 Å². The fraction of sp³-hybridized carbons (Fsp3) is 0.263. The molecule has 0 amide bonds. The highest BCUT2D eigenvalue weighted by molar-refractivity contribution is 5.73. The molecular formula is C19H20N4O4. The molecule has 3 aromatic rings. The Morgan fingerprint density at radius 2 is 2.04 bits per heavy atom. The summed E-state index contributed by atoms with van der Waals surface area (Å²) in [4.78, 5) is 19.8. The number of carboxylic acids is 1. The number of rotatable bonds is 8. The molecule has 3 rings (SSSR count). The first-order valence-electron chi connectivity index (χ1n) is 8.35. The number of hydrogen-bond acceptors (Lipinski definition) is 6. The Morgan fingerprint density at radius 3 is 2.70 bits per heavy atom. The molecule has 0 saturated heterocycles. The SMILES string of the molecule is CC(C)(COc1cccc(COc2ccc(-c3ccn[nH]3)nc2)n1)C(=O)O. The second-order valence-electron chi connectivity index (χ2n) is 6.58. The van der Waals surface area contributed by atoms with Crippen LogP contribution in [0.5, 0.6) is 11.6 Å². The van der Waals surface area contributed by atoms with Crippen LogP contribution in [-0.4, -0.2) is 37.8 Å². The minimum Gasteiger partial charge on any atom is -0.486 e. The van der Waals surface area contributed by atoms with Gasteiger partial charge in [-0.3, -0.25) is 14.9 Å². The van der Waals surface area contributed by atoms with E-state index in [2.05, 4.69) is 20.2 Å². The van der Waals surface area contributed by atoms with Crippen LogP contribution < -0.4 is 9.47 Å². The van der Waals surface area contributed by atoms with Crippen molar-refractivity contribution in [3.63, 3.8) is 0 Å². The standard InChI is InChI=1S/C19H20N4O4/c1-19(2,18(24)25)12-27-17-5-3-4-13(22-17)11-26-14-6-7-15(20-10-14)16-8-9-21-23-16/h3-10H,11-12H2,1-2H3,(H,21,23)(H,24,25). The number of nitrogens with one attached hydrogen (secondary N) is 1. The number of ether oxygens (including phenoxy) is 2. The predicted octanol–water partition coefficient (Wildman–Crippen LogP) is 2.94. The summed E-state index contributed by atoms with van der Waals surface area (Å²) in [6.07, 6.45) is 3.30. The zero-order valence-corrected chi connectivity index (χ0v) is 15.0. The second-order valence-corrected chi connectivity index (χ2v) is 6.58.